The van der Waals surface area contributed by atoms with Gasteiger partial charge in [0.05, 0.1) is 5.56 Å². The van der Waals surface area contributed by atoms with Crippen LogP contribution in [0.5, 0.6) is 11.5 Å². The molecular weight excluding hydrogens is 296 g/mol. The van der Waals surface area contributed by atoms with Crippen LogP contribution in [0.3, 0.4) is 0 Å². The van der Waals surface area contributed by atoms with Crippen LogP contribution in [0, 0.1) is 6.92 Å². The first kappa shape index (κ1) is 12.6. The van der Waals surface area contributed by atoms with Gasteiger partial charge in [0.15, 0.2) is 0 Å². The Kier molecular flexibility index (Phi) is 3.67. The zero-order valence-electron chi connectivity index (χ0n) is 9.68. The van der Waals surface area contributed by atoms with Crippen LogP contribution in [-0.4, -0.2) is 11.1 Å². The van der Waals surface area contributed by atoms with Crippen molar-refractivity contribution in [2.75, 3.05) is 0 Å². The Hall–Kier alpha value is -1.81. The molecule has 2 aromatic rings. The van der Waals surface area contributed by atoms with Gasteiger partial charge in [0.2, 0.25) is 0 Å². The van der Waals surface area contributed by atoms with Gasteiger partial charge in [0, 0.05) is 4.47 Å². The van der Waals surface area contributed by atoms with Gasteiger partial charge in [-0.25, -0.2) is 4.79 Å². The van der Waals surface area contributed by atoms with Crippen LogP contribution in [0.25, 0.3) is 0 Å². The Balaban J connectivity index is 2.22. The molecule has 92 valence electrons. The topological polar surface area (TPSA) is 46.5 Å². The Labute approximate surface area is 113 Å². The number of carboxylic acids is 1. The lowest BCUT2D eigenvalue weighted by atomic mass is 10.1. The zero-order valence-corrected chi connectivity index (χ0v) is 11.3. The summed E-state index contributed by atoms with van der Waals surface area (Å²) in [4.78, 5) is 10.9. The highest BCUT2D eigenvalue weighted by Crippen LogP contribution is 2.25. The van der Waals surface area contributed by atoms with E-state index in [-0.39, 0.29) is 5.56 Å². The van der Waals surface area contributed by atoms with Gasteiger partial charge in [0.1, 0.15) is 11.5 Å². The SMILES string of the molecule is Cc1cc(Oc2ccc(Br)cc2)ccc1C(=O)O. The Morgan fingerprint density at radius 3 is 2.28 bits per heavy atom. The number of rotatable bonds is 3. The van der Waals surface area contributed by atoms with Crippen molar-refractivity contribution in [3.8, 4) is 11.5 Å². The fraction of sp³-hybridized carbons (Fsp3) is 0.0714. The van der Waals surface area contributed by atoms with E-state index >= 15 is 0 Å². The standard InChI is InChI=1S/C14H11BrO3/c1-9-8-12(6-7-13(9)14(16)17)18-11-4-2-10(15)3-5-11/h2-8H,1H3,(H,16,17). The predicted octanol–water partition coefficient (Wildman–Crippen LogP) is 4.25. The maximum absolute atomic E-state index is 10.9. The van der Waals surface area contributed by atoms with E-state index in [0.717, 1.165) is 4.47 Å². The van der Waals surface area contributed by atoms with E-state index in [1.165, 1.54) is 0 Å². The second kappa shape index (κ2) is 5.23. The predicted molar refractivity (Wildman–Crippen MR) is 72.4 cm³/mol. The molecule has 0 atom stereocenters. The average Bonchev–Trinajstić information content (AvgIpc) is 2.32. The summed E-state index contributed by atoms with van der Waals surface area (Å²) in [6, 6.07) is 12.4. The maximum atomic E-state index is 10.9. The number of carboxylic acid groups (broad SMARTS) is 1. The maximum Gasteiger partial charge on any atom is 0.335 e. The summed E-state index contributed by atoms with van der Waals surface area (Å²) < 4.78 is 6.61. The van der Waals surface area contributed by atoms with E-state index in [9.17, 15) is 4.79 Å². The second-order valence-corrected chi connectivity index (χ2v) is 4.75. The third-order valence-electron chi connectivity index (χ3n) is 2.48. The van der Waals surface area contributed by atoms with Gasteiger partial charge in [0.25, 0.3) is 0 Å². The van der Waals surface area contributed by atoms with Crippen LogP contribution < -0.4 is 4.74 Å². The molecule has 0 aliphatic rings. The number of aryl methyl sites for hydroxylation is 1. The van der Waals surface area contributed by atoms with E-state index in [2.05, 4.69) is 15.9 Å². The minimum atomic E-state index is -0.928. The molecule has 0 amide bonds. The molecule has 0 unspecified atom stereocenters. The normalized spacial score (nSPS) is 10.1. The average molecular weight is 307 g/mol. The first-order valence-electron chi connectivity index (χ1n) is 5.33. The fourth-order valence-electron chi connectivity index (χ4n) is 1.58. The molecule has 0 heterocycles. The number of hydrogen-bond donors (Lipinski definition) is 1. The number of halogens is 1. The number of aromatic carboxylic acids is 1. The van der Waals surface area contributed by atoms with Crippen molar-refractivity contribution in [1.82, 2.24) is 0 Å². The first-order valence-corrected chi connectivity index (χ1v) is 6.13. The molecule has 0 saturated heterocycles. The molecule has 0 spiro atoms. The minimum absolute atomic E-state index is 0.290. The third-order valence-corrected chi connectivity index (χ3v) is 3.01. The highest BCUT2D eigenvalue weighted by molar-refractivity contribution is 9.10. The molecule has 0 radical (unpaired) electrons. The molecule has 0 saturated carbocycles. The highest BCUT2D eigenvalue weighted by Gasteiger charge is 2.07. The largest absolute Gasteiger partial charge is 0.478 e. The Bertz CT molecular complexity index is 576. The summed E-state index contributed by atoms with van der Waals surface area (Å²) in [6.07, 6.45) is 0. The molecule has 4 heteroatoms. The van der Waals surface area contributed by atoms with Gasteiger partial charge in [-0.05, 0) is 55.0 Å². The molecule has 0 fully saturated rings. The van der Waals surface area contributed by atoms with Gasteiger partial charge in [-0.15, -0.1) is 0 Å². The van der Waals surface area contributed by atoms with Crippen LogP contribution >= 0.6 is 15.9 Å². The molecule has 0 bridgehead atoms. The number of ether oxygens (including phenoxy) is 1. The van der Waals surface area contributed by atoms with Crippen molar-refractivity contribution in [3.05, 3.63) is 58.1 Å². The van der Waals surface area contributed by atoms with Crippen molar-refractivity contribution in [2.24, 2.45) is 0 Å². The first-order chi connectivity index (χ1) is 8.56. The number of hydrogen-bond acceptors (Lipinski definition) is 2. The monoisotopic (exact) mass is 306 g/mol. The van der Waals surface area contributed by atoms with Crippen LogP contribution in [0.15, 0.2) is 46.9 Å². The Morgan fingerprint density at radius 1 is 1.11 bits per heavy atom. The molecule has 18 heavy (non-hydrogen) atoms. The molecule has 2 rings (SSSR count). The molecule has 1 N–H and O–H groups in total. The number of carbonyl (C=O) groups is 1. The van der Waals surface area contributed by atoms with E-state index < -0.39 is 5.97 Å². The lowest BCUT2D eigenvalue weighted by Crippen LogP contribution is -1.99. The number of benzene rings is 2. The molecule has 0 aliphatic carbocycles. The van der Waals surface area contributed by atoms with Crippen LogP contribution in [0.4, 0.5) is 0 Å². The van der Waals surface area contributed by atoms with Crippen LogP contribution in [-0.2, 0) is 0 Å². The minimum Gasteiger partial charge on any atom is -0.478 e. The van der Waals surface area contributed by atoms with Crippen molar-refractivity contribution in [1.29, 1.82) is 0 Å². The van der Waals surface area contributed by atoms with Crippen molar-refractivity contribution in [2.45, 2.75) is 6.92 Å². The fourth-order valence-corrected chi connectivity index (χ4v) is 1.84. The van der Waals surface area contributed by atoms with E-state index in [1.54, 1.807) is 25.1 Å². The summed E-state index contributed by atoms with van der Waals surface area (Å²) in [7, 11) is 0. The van der Waals surface area contributed by atoms with Crippen LogP contribution in [0.2, 0.25) is 0 Å². The van der Waals surface area contributed by atoms with E-state index in [4.69, 9.17) is 9.84 Å². The Morgan fingerprint density at radius 2 is 1.72 bits per heavy atom. The summed E-state index contributed by atoms with van der Waals surface area (Å²) in [5.41, 5.74) is 0.968. The molecular formula is C14H11BrO3. The third kappa shape index (κ3) is 2.90. The quantitative estimate of drug-likeness (QED) is 0.922. The van der Waals surface area contributed by atoms with Gasteiger partial charge in [-0.3, -0.25) is 0 Å². The lowest BCUT2D eigenvalue weighted by Gasteiger charge is -2.08. The highest BCUT2D eigenvalue weighted by atomic mass is 79.9. The van der Waals surface area contributed by atoms with Crippen LogP contribution in [0.1, 0.15) is 15.9 Å². The van der Waals surface area contributed by atoms with E-state index in [1.807, 2.05) is 24.3 Å². The zero-order chi connectivity index (χ0) is 13.1. The molecule has 0 aliphatic heterocycles. The van der Waals surface area contributed by atoms with Crippen molar-refractivity contribution >= 4 is 21.9 Å². The second-order valence-electron chi connectivity index (χ2n) is 3.84. The summed E-state index contributed by atoms with van der Waals surface area (Å²) in [5, 5.41) is 8.93. The smallest absolute Gasteiger partial charge is 0.335 e. The summed E-state index contributed by atoms with van der Waals surface area (Å²) in [5.74, 6) is 0.406. The van der Waals surface area contributed by atoms with E-state index in [0.29, 0.717) is 17.1 Å². The van der Waals surface area contributed by atoms with Gasteiger partial charge in [-0.1, -0.05) is 15.9 Å². The van der Waals surface area contributed by atoms with Crippen molar-refractivity contribution in [3.63, 3.8) is 0 Å². The van der Waals surface area contributed by atoms with Gasteiger partial charge in [-0.2, -0.15) is 0 Å². The summed E-state index contributed by atoms with van der Waals surface area (Å²) in [6.45, 7) is 1.75. The summed E-state index contributed by atoms with van der Waals surface area (Å²) >= 11 is 3.35. The molecule has 3 nitrogen and oxygen atoms in total. The molecule has 0 aromatic heterocycles. The van der Waals surface area contributed by atoms with Gasteiger partial charge >= 0.3 is 5.97 Å². The van der Waals surface area contributed by atoms with Crippen molar-refractivity contribution < 1.29 is 14.6 Å². The lowest BCUT2D eigenvalue weighted by molar-refractivity contribution is 0.0696. The van der Waals surface area contributed by atoms with Gasteiger partial charge < -0.3 is 9.84 Å². The molecule has 2 aromatic carbocycles.